The Hall–Kier alpha value is -1.64. The summed E-state index contributed by atoms with van der Waals surface area (Å²) in [4.78, 5) is 13.6. The summed E-state index contributed by atoms with van der Waals surface area (Å²) in [6, 6.07) is 6.23. The molecule has 1 saturated heterocycles. The van der Waals surface area contributed by atoms with E-state index >= 15 is 0 Å². The lowest BCUT2D eigenvalue weighted by atomic mass is 10.1. The molecule has 0 radical (unpaired) electrons. The number of piperidine rings is 1. The molecule has 0 saturated carbocycles. The third-order valence-electron chi connectivity index (χ3n) is 2.93. The predicted octanol–water partition coefficient (Wildman–Crippen LogP) is 2.85. The smallest absolute Gasteiger partial charge is 0.246 e. The summed E-state index contributed by atoms with van der Waals surface area (Å²) in [5.74, 6) is -0.258. The number of hydrogen-bond donors (Lipinski definition) is 0. The van der Waals surface area contributed by atoms with Gasteiger partial charge in [-0.25, -0.2) is 4.39 Å². The number of carbonyl (C=O) groups is 1. The SMILES string of the molecule is O=C(C=Cc1cccc(F)c1)N1CCCCC1. The van der Waals surface area contributed by atoms with Gasteiger partial charge in [0.2, 0.25) is 5.91 Å². The molecule has 2 rings (SSSR count). The second-order valence-corrected chi connectivity index (χ2v) is 4.27. The number of amides is 1. The topological polar surface area (TPSA) is 20.3 Å². The van der Waals surface area contributed by atoms with Crippen LogP contribution >= 0.6 is 0 Å². The Morgan fingerprint density at radius 1 is 1.24 bits per heavy atom. The Bertz CT molecular complexity index is 422. The third kappa shape index (κ3) is 3.41. The first-order valence-electron chi connectivity index (χ1n) is 5.98. The van der Waals surface area contributed by atoms with Gasteiger partial charge < -0.3 is 4.90 Å². The normalized spacial score (nSPS) is 16.4. The number of hydrogen-bond acceptors (Lipinski definition) is 1. The quantitative estimate of drug-likeness (QED) is 0.719. The fraction of sp³-hybridized carbons (Fsp3) is 0.357. The monoisotopic (exact) mass is 233 g/mol. The Kier molecular flexibility index (Phi) is 3.91. The first-order valence-corrected chi connectivity index (χ1v) is 5.98. The highest BCUT2D eigenvalue weighted by molar-refractivity contribution is 5.91. The molecule has 3 heteroatoms. The third-order valence-corrected chi connectivity index (χ3v) is 2.93. The number of nitrogens with zero attached hydrogens (tertiary/aromatic N) is 1. The molecule has 1 aromatic carbocycles. The largest absolute Gasteiger partial charge is 0.339 e. The molecule has 2 nitrogen and oxygen atoms in total. The summed E-state index contributed by atoms with van der Waals surface area (Å²) in [6.45, 7) is 1.68. The summed E-state index contributed by atoms with van der Waals surface area (Å²) in [5.41, 5.74) is 0.718. The van der Waals surface area contributed by atoms with Crippen LogP contribution in [0.25, 0.3) is 6.08 Å². The van der Waals surface area contributed by atoms with E-state index in [-0.39, 0.29) is 11.7 Å². The van der Waals surface area contributed by atoms with Crippen molar-refractivity contribution in [3.8, 4) is 0 Å². The van der Waals surface area contributed by atoms with Gasteiger partial charge in [0.1, 0.15) is 5.82 Å². The van der Waals surface area contributed by atoms with E-state index in [1.165, 1.54) is 24.6 Å². The van der Waals surface area contributed by atoms with Crippen LogP contribution in [0.15, 0.2) is 30.3 Å². The highest BCUT2D eigenvalue weighted by Crippen LogP contribution is 2.10. The highest BCUT2D eigenvalue weighted by atomic mass is 19.1. The molecule has 1 aliphatic heterocycles. The van der Waals surface area contributed by atoms with Crippen LogP contribution in [0.3, 0.4) is 0 Å². The van der Waals surface area contributed by atoms with Crippen molar-refractivity contribution in [1.82, 2.24) is 4.90 Å². The minimum atomic E-state index is -0.280. The van der Waals surface area contributed by atoms with Gasteiger partial charge in [0, 0.05) is 19.2 Å². The molecule has 0 bridgehead atoms. The molecule has 1 aliphatic rings. The van der Waals surface area contributed by atoms with Crippen LogP contribution in [0, 0.1) is 5.82 Å². The van der Waals surface area contributed by atoms with Gasteiger partial charge >= 0.3 is 0 Å². The molecule has 1 aromatic rings. The molecule has 0 aliphatic carbocycles. The minimum Gasteiger partial charge on any atom is -0.339 e. The van der Waals surface area contributed by atoms with Crippen molar-refractivity contribution < 1.29 is 9.18 Å². The zero-order valence-corrected chi connectivity index (χ0v) is 9.73. The fourth-order valence-electron chi connectivity index (χ4n) is 2.00. The van der Waals surface area contributed by atoms with E-state index in [0.29, 0.717) is 0 Å². The van der Waals surface area contributed by atoms with Gasteiger partial charge in [-0.3, -0.25) is 4.79 Å². The van der Waals surface area contributed by atoms with Crippen LogP contribution < -0.4 is 0 Å². The Morgan fingerprint density at radius 3 is 2.71 bits per heavy atom. The van der Waals surface area contributed by atoms with Crippen LogP contribution in [0.5, 0.6) is 0 Å². The lowest BCUT2D eigenvalue weighted by Crippen LogP contribution is -2.34. The summed E-state index contributed by atoms with van der Waals surface area (Å²) >= 11 is 0. The van der Waals surface area contributed by atoms with Crippen LogP contribution in [0.2, 0.25) is 0 Å². The lowest BCUT2D eigenvalue weighted by molar-refractivity contribution is -0.126. The maximum absolute atomic E-state index is 12.9. The van der Waals surface area contributed by atoms with Crippen molar-refractivity contribution in [3.05, 3.63) is 41.7 Å². The van der Waals surface area contributed by atoms with Gasteiger partial charge in [-0.15, -0.1) is 0 Å². The predicted molar refractivity (Wildman–Crippen MR) is 65.9 cm³/mol. The molecule has 17 heavy (non-hydrogen) atoms. The maximum Gasteiger partial charge on any atom is 0.246 e. The van der Waals surface area contributed by atoms with Gasteiger partial charge in [-0.05, 0) is 43.0 Å². The Morgan fingerprint density at radius 2 is 2.00 bits per heavy atom. The molecular weight excluding hydrogens is 217 g/mol. The van der Waals surface area contributed by atoms with Gasteiger partial charge in [-0.1, -0.05) is 12.1 Å². The first-order chi connectivity index (χ1) is 8.25. The number of likely N-dealkylation sites (tertiary alicyclic amines) is 1. The zero-order chi connectivity index (χ0) is 12.1. The second-order valence-electron chi connectivity index (χ2n) is 4.27. The van der Waals surface area contributed by atoms with Crippen molar-refractivity contribution in [3.63, 3.8) is 0 Å². The van der Waals surface area contributed by atoms with E-state index < -0.39 is 0 Å². The lowest BCUT2D eigenvalue weighted by Gasteiger charge is -2.25. The average Bonchev–Trinajstić information content (AvgIpc) is 2.37. The molecule has 0 spiro atoms. The number of halogens is 1. The van der Waals surface area contributed by atoms with E-state index in [2.05, 4.69) is 0 Å². The Labute approximate surface area is 101 Å². The molecular formula is C14H16FNO. The van der Waals surface area contributed by atoms with Crippen LogP contribution in [0.1, 0.15) is 24.8 Å². The number of benzene rings is 1. The van der Waals surface area contributed by atoms with Crippen molar-refractivity contribution in [2.75, 3.05) is 13.1 Å². The van der Waals surface area contributed by atoms with Crippen LogP contribution in [-0.4, -0.2) is 23.9 Å². The molecule has 0 atom stereocenters. The van der Waals surface area contributed by atoms with Gasteiger partial charge in [0.05, 0.1) is 0 Å². The molecule has 0 unspecified atom stereocenters. The van der Waals surface area contributed by atoms with Crippen molar-refractivity contribution in [1.29, 1.82) is 0 Å². The summed E-state index contributed by atoms with van der Waals surface area (Å²) in [7, 11) is 0. The molecule has 1 amide bonds. The second kappa shape index (κ2) is 5.62. The standard InChI is InChI=1S/C14H16FNO/c15-13-6-4-5-12(11-13)7-8-14(17)16-9-2-1-3-10-16/h4-8,11H,1-3,9-10H2. The van der Waals surface area contributed by atoms with Crippen molar-refractivity contribution in [2.45, 2.75) is 19.3 Å². The molecule has 1 fully saturated rings. The van der Waals surface area contributed by atoms with Gasteiger partial charge in [0.15, 0.2) is 0 Å². The molecule has 90 valence electrons. The Balaban J connectivity index is 1.97. The molecule has 0 aromatic heterocycles. The number of carbonyl (C=O) groups excluding carboxylic acids is 1. The summed E-state index contributed by atoms with van der Waals surface area (Å²) < 4.78 is 12.9. The summed E-state index contributed by atoms with van der Waals surface area (Å²) in [6.07, 6.45) is 6.57. The fourth-order valence-corrected chi connectivity index (χ4v) is 2.00. The number of rotatable bonds is 2. The molecule has 0 N–H and O–H groups in total. The highest BCUT2D eigenvalue weighted by Gasteiger charge is 2.13. The van der Waals surface area contributed by atoms with Gasteiger partial charge in [0.25, 0.3) is 0 Å². The average molecular weight is 233 g/mol. The maximum atomic E-state index is 12.9. The van der Waals surface area contributed by atoms with Gasteiger partial charge in [-0.2, -0.15) is 0 Å². The van der Waals surface area contributed by atoms with E-state index in [0.717, 1.165) is 31.5 Å². The van der Waals surface area contributed by atoms with E-state index in [1.54, 1.807) is 18.2 Å². The molecule has 1 heterocycles. The minimum absolute atomic E-state index is 0.0222. The van der Waals surface area contributed by atoms with E-state index in [9.17, 15) is 9.18 Å². The van der Waals surface area contributed by atoms with Crippen molar-refractivity contribution >= 4 is 12.0 Å². The summed E-state index contributed by atoms with van der Waals surface area (Å²) in [5, 5.41) is 0. The van der Waals surface area contributed by atoms with Crippen LogP contribution in [-0.2, 0) is 4.79 Å². The van der Waals surface area contributed by atoms with E-state index in [1.807, 2.05) is 4.90 Å². The van der Waals surface area contributed by atoms with Crippen molar-refractivity contribution in [2.24, 2.45) is 0 Å². The van der Waals surface area contributed by atoms with E-state index in [4.69, 9.17) is 0 Å². The zero-order valence-electron chi connectivity index (χ0n) is 9.73. The van der Waals surface area contributed by atoms with Crippen LogP contribution in [0.4, 0.5) is 4.39 Å². The first kappa shape index (κ1) is 11.8.